The van der Waals surface area contributed by atoms with Crippen LogP contribution in [0.5, 0.6) is 0 Å². The lowest BCUT2D eigenvalue weighted by Gasteiger charge is -2.05. The van der Waals surface area contributed by atoms with Crippen LogP contribution in [0, 0.1) is 5.82 Å². The van der Waals surface area contributed by atoms with Gasteiger partial charge in [-0.05, 0) is 18.2 Å². The molecule has 0 bridgehead atoms. The Morgan fingerprint density at radius 3 is 2.88 bits per heavy atom. The second-order valence-electron chi connectivity index (χ2n) is 3.50. The largest absolute Gasteiger partial charge is 0.396 e. The maximum Gasteiger partial charge on any atom is 0.230 e. The first-order valence-electron chi connectivity index (χ1n) is 5.42. The van der Waals surface area contributed by atoms with Gasteiger partial charge in [-0.15, -0.1) is 0 Å². The minimum atomic E-state index is -0.305. The third kappa shape index (κ3) is 5.70. The van der Waals surface area contributed by atoms with E-state index in [2.05, 4.69) is 5.32 Å². The van der Waals surface area contributed by atoms with Crippen LogP contribution in [-0.4, -0.2) is 29.1 Å². The highest BCUT2D eigenvalue weighted by Gasteiger charge is 2.04. The summed E-state index contributed by atoms with van der Waals surface area (Å²) in [6.45, 7) is 0.357. The number of rotatable bonds is 7. The van der Waals surface area contributed by atoms with Crippen molar-refractivity contribution in [1.82, 2.24) is 5.32 Å². The van der Waals surface area contributed by atoms with E-state index >= 15 is 0 Å². The predicted octanol–water partition coefficient (Wildman–Crippen LogP) is 1.56. The van der Waals surface area contributed by atoms with E-state index in [9.17, 15) is 9.18 Å². The number of amides is 1. The van der Waals surface area contributed by atoms with Crippen LogP contribution in [0.3, 0.4) is 0 Å². The Bertz CT molecular complexity index is 360. The Morgan fingerprint density at radius 1 is 1.41 bits per heavy atom. The normalized spacial score (nSPS) is 10.2. The van der Waals surface area contributed by atoms with Crippen LogP contribution >= 0.6 is 11.8 Å². The number of hydrogen-bond donors (Lipinski definition) is 2. The van der Waals surface area contributed by atoms with Crippen LogP contribution in [0.1, 0.15) is 12.0 Å². The molecule has 94 valence electrons. The van der Waals surface area contributed by atoms with E-state index in [-0.39, 0.29) is 24.9 Å². The van der Waals surface area contributed by atoms with E-state index in [1.54, 1.807) is 18.2 Å². The molecule has 0 saturated heterocycles. The van der Waals surface area contributed by atoms with Gasteiger partial charge in [0.2, 0.25) is 5.91 Å². The van der Waals surface area contributed by atoms with Gasteiger partial charge < -0.3 is 10.4 Å². The summed E-state index contributed by atoms with van der Waals surface area (Å²) < 4.78 is 13.2. The van der Waals surface area contributed by atoms with Crippen LogP contribution in [0.25, 0.3) is 0 Å². The zero-order valence-corrected chi connectivity index (χ0v) is 10.3. The molecule has 0 fully saturated rings. The molecule has 0 saturated carbocycles. The van der Waals surface area contributed by atoms with E-state index in [0.29, 0.717) is 17.7 Å². The smallest absolute Gasteiger partial charge is 0.230 e. The summed E-state index contributed by atoms with van der Waals surface area (Å²) in [4.78, 5) is 11.4. The third-order valence-corrected chi connectivity index (χ3v) is 3.16. The molecular formula is C12H16FNO2S. The summed E-state index contributed by atoms with van der Waals surface area (Å²) in [5.41, 5.74) is 0.487. The fourth-order valence-corrected chi connectivity index (χ4v) is 1.98. The van der Waals surface area contributed by atoms with Crippen LogP contribution in [0.4, 0.5) is 4.39 Å². The zero-order valence-electron chi connectivity index (χ0n) is 9.49. The lowest BCUT2D eigenvalue weighted by Crippen LogP contribution is -2.25. The van der Waals surface area contributed by atoms with Gasteiger partial charge >= 0.3 is 0 Å². The van der Waals surface area contributed by atoms with Crippen molar-refractivity contribution in [3.8, 4) is 0 Å². The van der Waals surface area contributed by atoms with Gasteiger partial charge in [0.1, 0.15) is 5.82 Å². The molecule has 0 aromatic heterocycles. The molecular weight excluding hydrogens is 241 g/mol. The summed E-state index contributed by atoms with van der Waals surface area (Å²) in [5, 5.41) is 11.2. The number of aliphatic hydroxyl groups is 1. The van der Waals surface area contributed by atoms with Crippen LogP contribution in [-0.2, 0) is 11.3 Å². The number of carbonyl (C=O) groups excluding carboxylic acids is 1. The fraction of sp³-hybridized carbons (Fsp3) is 0.417. The molecule has 0 unspecified atom stereocenters. The summed E-state index contributed by atoms with van der Waals surface area (Å²) in [6, 6.07) is 6.37. The lowest BCUT2D eigenvalue weighted by atomic mass is 10.2. The molecule has 0 aliphatic rings. The molecule has 3 nitrogen and oxygen atoms in total. The molecule has 0 aliphatic carbocycles. The topological polar surface area (TPSA) is 49.3 Å². The predicted molar refractivity (Wildman–Crippen MR) is 67.3 cm³/mol. The van der Waals surface area contributed by atoms with Crippen LogP contribution < -0.4 is 5.32 Å². The summed E-state index contributed by atoms with van der Waals surface area (Å²) >= 11 is 1.46. The van der Waals surface area contributed by atoms with E-state index in [1.165, 1.54) is 17.8 Å². The molecule has 2 N–H and O–H groups in total. The number of hydrogen-bond acceptors (Lipinski definition) is 3. The summed E-state index contributed by atoms with van der Waals surface area (Å²) in [7, 11) is 0. The minimum Gasteiger partial charge on any atom is -0.396 e. The van der Waals surface area contributed by atoms with Gasteiger partial charge in [-0.3, -0.25) is 4.79 Å². The van der Waals surface area contributed by atoms with Crippen molar-refractivity contribution in [2.45, 2.75) is 13.0 Å². The van der Waals surface area contributed by atoms with Crippen LogP contribution in [0.15, 0.2) is 24.3 Å². The Balaban J connectivity index is 2.22. The van der Waals surface area contributed by atoms with Gasteiger partial charge in [0.15, 0.2) is 0 Å². The SMILES string of the molecule is O=C(CSCCCO)NCc1ccccc1F. The second kappa shape index (κ2) is 8.08. The molecule has 0 spiro atoms. The minimum absolute atomic E-state index is 0.115. The van der Waals surface area contributed by atoms with E-state index in [1.807, 2.05) is 0 Å². The first kappa shape index (κ1) is 14.0. The standard InChI is InChI=1S/C12H16FNO2S/c13-11-5-2-1-4-10(11)8-14-12(16)9-17-7-3-6-15/h1-2,4-5,15H,3,6-9H2,(H,14,16). The van der Waals surface area contributed by atoms with Gasteiger partial charge in [0, 0.05) is 18.7 Å². The number of benzene rings is 1. The zero-order chi connectivity index (χ0) is 12.5. The molecule has 17 heavy (non-hydrogen) atoms. The van der Waals surface area contributed by atoms with Crippen molar-refractivity contribution < 1.29 is 14.3 Å². The Morgan fingerprint density at radius 2 is 2.18 bits per heavy atom. The van der Waals surface area contributed by atoms with Crippen molar-refractivity contribution >= 4 is 17.7 Å². The van der Waals surface area contributed by atoms with E-state index in [4.69, 9.17) is 5.11 Å². The van der Waals surface area contributed by atoms with Crippen molar-refractivity contribution in [1.29, 1.82) is 0 Å². The lowest BCUT2D eigenvalue weighted by molar-refractivity contribution is -0.118. The average molecular weight is 257 g/mol. The summed E-state index contributed by atoms with van der Waals surface area (Å²) in [6.07, 6.45) is 0.686. The number of halogens is 1. The van der Waals surface area contributed by atoms with E-state index in [0.717, 1.165) is 5.75 Å². The molecule has 0 aliphatic heterocycles. The molecule has 1 aromatic carbocycles. The third-order valence-electron chi connectivity index (χ3n) is 2.11. The second-order valence-corrected chi connectivity index (χ2v) is 4.60. The number of nitrogens with one attached hydrogen (secondary N) is 1. The first-order valence-corrected chi connectivity index (χ1v) is 6.58. The Kier molecular flexibility index (Phi) is 6.65. The number of thioether (sulfide) groups is 1. The number of aliphatic hydroxyl groups excluding tert-OH is 1. The molecule has 1 aromatic rings. The first-order chi connectivity index (χ1) is 8.24. The van der Waals surface area contributed by atoms with Crippen LogP contribution in [0.2, 0.25) is 0 Å². The van der Waals surface area contributed by atoms with Gasteiger partial charge in [-0.25, -0.2) is 4.39 Å². The molecule has 1 amide bonds. The highest BCUT2D eigenvalue weighted by molar-refractivity contribution is 7.99. The van der Waals surface area contributed by atoms with Crippen molar-refractivity contribution in [2.75, 3.05) is 18.1 Å². The Hall–Kier alpha value is -1.07. The Labute approximate surface area is 104 Å². The van der Waals surface area contributed by atoms with Gasteiger partial charge in [0.25, 0.3) is 0 Å². The quantitative estimate of drug-likeness (QED) is 0.729. The highest BCUT2D eigenvalue weighted by atomic mass is 32.2. The maximum absolute atomic E-state index is 13.2. The van der Waals surface area contributed by atoms with Crippen molar-refractivity contribution in [3.63, 3.8) is 0 Å². The van der Waals surface area contributed by atoms with Gasteiger partial charge in [-0.1, -0.05) is 18.2 Å². The van der Waals surface area contributed by atoms with Crippen molar-refractivity contribution in [2.24, 2.45) is 0 Å². The average Bonchev–Trinajstić information content (AvgIpc) is 2.34. The van der Waals surface area contributed by atoms with Gasteiger partial charge in [-0.2, -0.15) is 11.8 Å². The molecule has 0 atom stereocenters. The monoisotopic (exact) mass is 257 g/mol. The highest BCUT2D eigenvalue weighted by Crippen LogP contribution is 2.06. The molecule has 5 heteroatoms. The van der Waals surface area contributed by atoms with Crippen molar-refractivity contribution in [3.05, 3.63) is 35.6 Å². The molecule has 1 rings (SSSR count). The number of carbonyl (C=O) groups is 1. The molecule has 0 radical (unpaired) electrons. The summed E-state index contributed by atoms with van der Waals surface area (Å²) in [5.74, 6) is 0.676. The fourth-order valence-electron chi connectivity index (χ4n) is 1.22. The maximum atomic E-state index is 13.2. The van der Waals surface area contributed by atoms with Gasteiger partial charge in [0.05, 0.1) is 5.75 Å². The molecule has 0 heterocycles. The van der Waals surface area contributed by atoms with E-state index < -0.39 is 0 Å².